The van der Waals surface area contributed by atoms with Crippen LogP contribution >= 0.6 is 0 Å². The van der Waals surface area contributed by atoms with Crippen LogP contribution in [0, 0.1) is 11.3 Å². The minimum Gasteiger partial charge on any atom is -0.461 e. The van der Waals surface area contributed by atoms with Crippen molar-refractivity contribution in [2.24, 2.45) is 0 Å². The highest BCUT2D eigenvalue weighted by molar-refractivity contribution is 7.92. The molecule has 0 aliphatic carbocycles. The first-order valence-electron chi connectivity index (χ1n) is 7.86. The number of nitriles is 1. The number of benzene rings is 2. The molecule has 2 aromatic carbocycles. The summed E-state index contributed by atoms with van der Waals surface area (Å²) in [6, 6.07) is 17.8. The summed E-state index contributed by atoms with van der Waals surface area (Å²) in [7, 11) is -3.63. The van der Waals surface area contributed by atoms with Gasteiger partial charge in [0.25, 0.3) is 0 Å². The molecule has 2 rings (SSSR count). The number of sulfonamides is 1. The summed E-state index contributed by atoms with van der Waals surface area (Å²) in [4.78, 5) is 11.7. The largest absolute Gasteiger partial charge is 0.461 e. The molecule has 0 heterocycles. The topological polar surface area (TPSA) is 96.3 Å². The number of nitrogens with zero attached hydrogens (tertiary/aromatic N) is 1. The van der Waals surface area contributed by atoms with Crippen LogP contribution < -0.4 is 4.72 Å². The van der Waals surface area contributed by atoms with Crippen molar-refractivity contribution in [3.8, 4) is 6.07 Å². The van der Waals surface area contributed by atoms with Crippen LogP contribution in [0.25, 0.3) is 6.08 Å². The fraction of sp³-hybridized carbons (Fsp3) is 0.158. The molecular formula is C19H18N2O4S. The monoisotopic (exact) mass is 370 g/mol. The van der Waals surface area contributed by atoms with Gasteiger partial charge < -0.3 is 4.74 Å². The van der Waals surface area contributed by atoms with E-state index in [1.807, 2.05) is 24.3 Å². The van der Waals surface area contributed by atoms with E-state index in [2.05, 4.69) is 4.72 Å². The highest BCUT2D eigenvalue weighted by Crippen LogP contribution is 2.06. The summed E-state index contributed by atoms with van der Waals surface area (Å²) in [5.74, 6) is -0.526. The molecule has 0 fully saturated rings. The number of nitrogens with one attached hydrogen (secondary N) is 1. The molecule has 134 valence electrons. The fourth-order valence-electron chi connectivity index (χ4n) is 2.04. The molecule has 0 atom stereocenters. The first kappa shape index (κ1) is 19.4. The van der Waals surface area contributed by atoms with Gasteiger partial charge in [0, 0.05) is 12.0 Å². The Morgan fingerprint density at radius 2 is 1.92 bits per heavy atom. The number of rotatable bonds is 8. The Morgan fingerprint density at radius 3 is 2.65 bits per heavy atom. The second kappa shape index (κ2) is 9.51. The first-order valence-corrected chi connectivity index (χ1v) is 9.40. The molecular weight excluding hydrogens is 352 g/mol. The first-order chi connectivity index (χ1) is 12.5. The minimum atomic E-state index is -3.63. The van der Waals surface area contributed by atoms with Gasteiger partial charge in [-0.15, -0.1) is 0 Å². The highest BCUT2D eigenvalue weighted by Gasteiger charge is 2.08. The number of carbonyl (C=O) groups excluding carboxylic acids is 1. The van der Waals surface area contributed by atoms with Crippen molar-refractivity contribution in [3.63, 3.8) is 0 Å². The molecule has 6 nitrogen and oxygen atoms in total. The quantitative estimate of drug-likeness (QED) is 0.721. The summed E-state index contributed by atoms with van der Waals surface area (Å²) >= 11 is 0. The Bertz CT molecular complexity index is 916. The normalized spacial score (nSPS) is 11.2. The molecule has 0 saturated heterocycles. The second-order valence-electron chi connectivity index (χ2n) is 5.38. The zero-order valence-electron chi connectivity index (χ0n) is 14.0. The van der Waals surface area contributed by atoms with E-state index in [9.17, 15) is 13.2 Å². The number of carbonyl (C=O) groups is 1. The SMILES string of the molecule is N#Cc1cccc(COC(=O)CCNS(=O)(=O)/C=C/c2ccccc2)c1. The Kier molecular flexibility index (Phi) is 7.09. The molecule has 0 aliphatic heterocycles. The minimum absolute atomic E-state index is 0.0367. The second-order valence-corrected chi connectivity index (χ2v) is 7.03. The molecule has 1 N–H and O–H groups in total. The van der Waals surface area contributed by atoms with Gasteiger partial charge in [0.2, 0.25) is 10.0 Å². The molecule has 7 heteroatoms. The van der Waals surface area contributed by atoms with Gasteiger partial charge >= 0.3 is 5.97 Å². The van der Waals surface area contributed by atoms with Gasteiger partial charge in [-0.05, 0) is 29.3 Å². The maximum atomic E-state index is 11.9. The van der Waals surface area contributed by atoms with Crippen LogP contribution in [0.2, 0.25) is 0 Å². The lowest BCUT2D eigenvalue weighted by atomic mass is 10.1. The van der Waals surface area contributed by atoms with E-state index in [-0.39, 0.29) is 19.6 Å². The summed E-state index contributed by atoms with van der Waals surface area (Å²) in [5.41, 5.74) is 1.94. The van der Waals surface area contributed by atoms with Crippen molar-refractivity contribution < 1.29 is 17.9 Å². The summed E-state index contributed by atoms with van der Waals surface area (Å²) < 4.78 is 31.1. The van der Waals surface area contributed by atoms with Crippen molar-refractivity contribution in [1.82, 2.24) is 4.72 Å². The van der Waals surface area contributed by atoms with Gasteiger partial charge in [-0.25, -0.2) is 13.1 Å². The van der Waals surface area contributed by atoms with Gasteiger partial charge in [0.15, 0.2) is 0 Å². The Labute approximate surface area is 152 Å². The highest BCUT2D eigenvalue weighted by atomic mass is 32.2. The molecule has 0 aliphatic rings. The Hall–Kier alpha value is -2.95. The maximum absolute atomic E-state index is 11.9. The van der Waals surface area contributed by atoms with Crippen molar-refractivity contribution in [1.29, 1.82) is 5.26 Å². The summed E-state index contributed by atoms with van der Waals surface area (Å²) in [5, 5.41) is 9.88. The predicted octanol–water partition coefficient (Wildman–Crippen LogP) is 2.58. The average Bonchev–Trinajstić information content (AvgIpc) is 2.66. The molecule has 0 unspecified atom stereocenters. The average molecular weight is 370 g/mol. The van der Waals surface area contributed by atoms with E-state index in [0.717, 1.165) is 11.0 Å². The van der Waals surface area contributed by atoms with Crippen molar-refractivity contribution in [2.45, 2.75) is 13.0 Å². The number of ether oxygens (including phenoxy) is 1. The molecule has 0 amide bonds. The number of hydrogen-bond acceptors (Lipinski definition) is 5. The van der Waals surface area contributed by atoms with Crippen LogP contribution in [0.4, 0.5) is 0 Å². The van der Waals surface area contributed by atoms with Crippen LogP contribution in [0.15, 0.2) is 60.0 Å². The van der Waals surface area contributed by atoms with Crippen molar-refractivity contribution in [2.75, 3.05) is 6.54 Å². The van der Waals surface area contributed by atoms with Crippen LogP contribution in [0.5, 0.6) is 0 Å². The molecule has 0 spiro atoms. The molecule has 2 aromatic rings. The van der Waals surface area contributed by atoms with Gasteiger partial charge in [-0.2, -0.15) is 5.26 Å². The van der Waals surface area contributed by atoms with Crippen molar-refractivity contribution in [3.05, 3.63) is 76.7 Å². The van der Waals surface area contributed by atoms with E-state index in [1.54, 1.807) is 36.4 Å². The Balaban J connectivity index is 1.75. The maximum Gasteiger partial charge on any atom is 0.307 e. The Morgan fingerprint density at radius 1 is 1.15 bits per heavy atom. The fourth-order valence-corrected chi connectivity index (χ4v) is 2.86. The van der Waals surface area contributed by atoms with E-state index >= 15 is 0 Å². The van der Waals surface area contributed by atoms with Crippen LogP contribution in [-0.4, -0.2) is 20.9 Å². The van der Waals surface area contributed by atoms with Crippen molar-refractivity contribution >= 4 is 22.1 Å². The lowest BCUT2D eigenvalue weighted by Gasteiger charge is -2.06. The summed E-state index contributed by atoms with van der Waals surface area (Å²) in [6.07, 6.45) is 1.39. The lowest BCUT2D eigenvalue weighted by Crippen LogP contribution is -2.24. The predicted molar refractivity (Wildman–Crippen MR) is 98.0 cm³/mol. The van der Waals surface area contributed by atoms with E-state index in [4.69, 9.17) is 10.00 Å². The zero-order valence-corrected chi connectivity index (χ0v) is 14.8. The number of hydrogen-bond donors (Lipinski definition) is 1. The molecule has 0 aromatic heterocycles. The third-order valence-corrected chi connectivity index (χ3v) is 4.43. The van der Waals surface area contributed by atoms with E-state index < -0.39 is 16.0 Å². The van der Waals surface area contributed by atoms with E-state index in [0.29, 0.717) is 11.1 Å². The zero-order chi connectivity index (χ0) is 18.8. The smallest absolute Gasteiger partial charge is 0.307 e. The lowest BCUT2D eigenvalue weighted by molar-refractivity contribution is -0.144. The van der Waals surface area contributed by atoms with Gasteiger partial charge in [0.1, 0.15) is 6.61 Å². The van der Waals surface area contributed by atoms with Crippen LogP contribution in [0.3, 0.4) is 0 Å². The number of esters is 1. The van der Waals surface area contributed by atoms with Gasteiger partial charge in [0.05, 0.1) is 18.1 Å². The van der Waals surface area contributed by atoms with Gasteiger partial charge in [-0.3, -0.25) is 4.79 Å². The molecule has 0 bridgehead atoms. The third kappa shape index (κ3) is 6.89. The third-order valence-electron chi connectivity index (χ3n) is 3.33. The van der Waals surface area contributed by atoms with Crippen LogP contribution in [0.1, 0.15) is 23.1 Å². The molecule has 0 radical (unpaired) electrons. The summed E-state index contributed by atoms with van der Waals surface area (Å²) in [6.45, 7) is -0.0203. The standard InChI is InChI=1S/C19H18N2O4S/c20-14-17-7-4-8-18(13-17)15-25-19(22)9-11-21-26(23,24)12-10-16-5-2-1-3-6-16/h1-8,10,12-13,21H,9,11,15H2/b12-10+. The van der Waals surface area contributed by atoms with Gasteiger partial charge in [-0.1, -0.05) is 42.5 Å². The van der Waals surface area contributed by atoms with Crippen LogP contribution in [-0.2, 0) is 26.2 Å². The molecule has 0 saturated carbocycles. The molecule has 26 heavy (non-hydrogen) atoms. The van der Waals surface area contributed by atoms with E-state index in [1.165, 1.54) is 6.08 Å².